The van der Waals surface area contributed by atoms with Crippen LogP contribution in [0.25, 0.3) is 0 Å². The quantitative estimate of drug-likeness (QED) is 0.582. The van der Waals surface area contributed by atoms with Crippen molar-refractivity contribution < 1.29 is 9.13 Å². The van der Waals surface area contributed by atoms with E-state index >= 15 is 0 Å². The van der Waals surface area contributed by atoms with Crippen LogP contribution in [0.4, 0.5) is 21.5 Å². The minimum Gasteiger partial charge on any atom is -0.398 e. The van der Waals surface area contributed by atoms with E-state index in [0.717, 1.165) is 24.2 Å². The van der Waals surface area contributed by atoms with Crippen molar-refractivity contribution in [2.75, 3.05) is 23.8 Å². The van der Waals surface area contributed by atoms with Gasteiger partial charge >= 0.3 is 0 Å². The first-order chi connectivity index (χ1) is 13.0. The number of halogens is 2. The molecule has 2 aliphatic heterocycles. The second kappa shape index (κ2) is 7.20. The highest BCUT2D eigenvalue weighted by atomic mass is 35.5. The summed E-state index contributed by atoms with van der Waals surface area (Å²) in [4.78, 5) is 6.19. The first-order valence-electron chi connectivity index (χ1n) is 8.59. The van der Waals surface area contributed by atoms with Gasteiger partial charge in [-0.15, -0.1) is 0 Å². The third-order valence-corrected chi connectivity index (χ3v) is 4.97. The minimum absolute atomic E-state index is 0.0277. The summed E-state index contributed by atoms with van der Waals surface area (Å²) in [6.07, 6.45) is 2.02. The highest BCUT2D eigenvalue weighted by Crippen LogP contribution is 2.36. The van der Waals surface area contributed by atoms with Gasteiger partial charge in [0.25, 0.3) is 0 Å². The molecule has 2 atom stereocenters. The van der Waals surface area contributed by atoms with Crippen LogP contribution in [0, 0.1) is 23.6 Å². The Hall–Kier alpha value is -2.59. The Labute approximate surface area is 161 Å². The van der Waals surface area contributed by atoms with Crippen LogP contribution >= 0.6 is 11.6 Å². The van der Waals surface area contributed by atoms with Crippen LogP contribution in [-0.4, -0.2) is 19.6 Å². The number of nitrogens with zero attached hydrogens (tertiary/aromatic N) is 2. The monoisotopic (exact) mass is 384 g/mol. The number of nitrogens with two attached hydrogens (primary N) is 2. The third kappa shape index (κ3) is 3.50. The molecule has 27 heavy (non-hydrogen) atoms. The molecule has 0 aromatic heterocycles. The Kier molecular flexibility index (Phi) is 4.75. The van der Waals surface area contributed by atoms with Gasteiger partial charge < -0.3 is 21.1 Å². The van der Waals surface area contributed by atoms with E-state index in [4.69, 9.17) is 27.8 Å². The maximum atomic E-state index is 13.4. The summed E-state index contributed by atoms with van der Waals surface area (Å²) in [7, 11) is 0. The van der Waals surface area contributed by atoms with Gasteiger partial charge in [0.2, 0.25) is 0 Å². The van der Waals surface area contributed by atoms with Crippen LogP contribution in [0.5, 0.6) is 0 Å². The predicted octanol–water partition coefficient (Wildman–Crippen LogP) is 3.59. The van der Waals surface area contributed by atoms with Gasteiger partial charge in [-0.2, -0.15) is 0 Å². The largest absolute Gasteiger partial charge is 0.398 e. The van der Waals surface area contributed by atoms with E-state index in [9.17, 15) is 4.39 Å². The number of fused-ring (bicyclic) bond motifs is 1. The van der Waals surface area contributed by atoms with Crippen molar-refractivity contribution in [3.8, 4) is 11.8 Å². The van der Waals surface area contributed by atoms with E-state index in [1.165, 1.54) is 12.1 Å². The Bertz CT molecular complexity index is 976. The summed E-state index contributed by atoms with van der Waals surface area (Å²) in [6, 6.07) is 8.06. The molecule has 1 fully saturated rings. The van der Waals surface area contributed by atoms with E-state index in [1.54, 1.807) is 23.4 Å². The average Bonchev–Trinajstić information content (AvgIpc) is 3.17. The van der Waals surface area contributed by atoms with Crippen molar-refractivity contribution in [3.63, 3.8) is 0 Å². The van der Waals surface area contributed by atoms with Crippen LogP contribution in [0.15, 0.2) is 35.3 Å². The van der Waals surface area contributed by atoms with Crippen molar-refractivity contribution in [2.45, 2.75) is 12.6 Å². The molecule has 2 heterocycles. The SMILES string of the molecule is Nc1cc2c(cc1C#CC1CCOC1)N=CN(c1ccc(F)c(Cl)c1)C2N. The Morgan fingerprint density at radius 2 is 2.15 bits per heavy atom. The lowest BCUT2D eigenvalue weighted by atomic mass is 10.0. The molecule has 4 N–H and O–H groups in total. The average molecular weight is 385 g/mol. The standard InChI is InChI=1S/C20H18ClFN4O/c21-16-8-14(3-4-17(16)22)26-11-25-19-7-13(2-1-12-5-6-27-10-12)18(23)9-15(19)20(26)24/h3-4,7-9,11-12,20H,5-6,10,23-24H2. The van der Waals surface area contributed by atoms with Gasteiger partial charge in [-0.25, -0.2) is 9.38 Å². The van der Waals surface area contributed by atoms with Crippen LogP contribution in [0.1, 0.15) is 23.7 Å². The van der Waals surface area contributed by atoms with Gasteiger partial charge in [-0.05, 0) is 36.8 Å². The normalized spacial score (nSPS) is 20.9. The van der Waals surface area contributed by atoms with Crippen molar-refractivity contribution in [1.82, 2.24) is 0 Å². The van der Waals surface area contributed by atoms with E-state index in [0.29, 0.717) is 23.7 Å². The fraction of sp³-hybridized carbons (Fsp3) is 0.250. The topological polar surface area (TPSA) is 76.9 Å². The lowest BCUT2D eigenvalue weighted by Gasteiger charge is -2.31. The molecular formula is C20H18ClFN4O. The molecule has 2 aromatic carbocycles. The molecule has 0 radical (unpaired) electrons. The molecule has 2 aromatic rings. The van der Waals surface area contributed by atoms with Gasteiger partial charge in [0, 0.05) is 35.0 Å². The molecule has 4 rings (SSSR count). The maximum absolute atomic E-state index is 13.4. The van der Waals surface area contributed by atoms with Crippen molar-refractivity contribution >= 4 is 35.0 Å². The molecule has 0 bridgehead atoms. The zero-order valence-electron chi connectivity index (χ0n) is 14.5. The maximum Gasteiger partial charge on any atom is 0.141 e. The number of rotatable bonds is 1. The second-order valence-corrected chi connectivity index (χ2v) is 6.93. The van der Waals surface area contributed by atoms with Crippen LogP contribution in [0.2, 0.25) is 5.02 Å². The fourth-order valence-corrected chi connectivity index (χ4v) is 3.30. The van der Waals surface area contributed by atoms with Crippen molar-refractivity contribution in [1.29, 1.82) is 0 Å². The van der Waals surface area contributed by atoms with E-state index in [-0.39, 0.29) is 10.9 Å². The zero-order chi connectivity index (χ0) is 19.0. The van der Waals surface area contributed by atoms with E-state index in [1.807, 2.05) is 6.07 Å². The lowest BCUT2D eigenvalue weighted by Crippen LogP contribution is -2.35. The smallest absolute Gasteiger partial charge is 0.141 e. The van der Waals surface area contributed by atoms with Gasteiger partial charge in [0.05, 0.1) is 23.7 Å². The Morgan fingerprint density at radius 3 is 2.89 bits per heavy atom. The number of anilines is 2. The van der Waals surface area contributed by atoms with Crippen LogP contribution in [-0.2, 0) is 4.74 Å². The van der Waals surface area contributed by atoms with Crippen LogP contribution in [0.3, 0.4) is 0 Å². The number of aliphatic imine (C=N–C) groups is 1. The number of hydrogen-bond acceptors (Lipinski definition) is 5. The molecule has 2 aliphatic rings. The molecule has 0 spiro atoms. The molecule has 5 nitrogen and oxygen atoms in total. The fourth-order valence-electron chi connectivity index (χ4n) is 3.13. The first-order valence-corrected chi connectivity index (χ1v) is 8.96. The Balaban J connectivity index is 1.65. The minimum atomic E-state index is -0.522. The third-order valence-electron chi connectivity index (χ3n) is 4.68. The first kappa shape index (κ1) is 17.8. The van der Waals surface area contributed by atoms with Gasteiger partial charge in [-0.3, -0.25) is 0 Å². The van der Waals surface area contributed by atoms with Gasteiger partial charge in [0.1, 0.15) is 12.0 Å². The molecule has 0 amide bonds. The summed E-state index contributed by atoms with van der Waals surface area (Å²) in [6.45, 7) is 1.41. The summed E-state index contributed by atoms with van der Waals surface area (Å²) in [5, 5.41) is 0.0277. The number of ether oxygens (including phenoxy) is 1. The highest BCUT2D eigenvalue weighted by molar-refractivity contribution is 6.31. The Morgan fingerprint density at radius 1 is 1.30 bits per heavy atom. The number of hydrogen-bond donors (Lipinski definition) is 2. The van der Waals surface area contributed by atoms with Crippen molar-refractivity contribution in [3.05, 3.63) is 52.3 Å². The molecule has 138 valence electrons. The molecule has 2 unspecified atom stereocenters. The molecule has 0 saturated carbocycles. The summed E-state index contributed by atoms with van der Waals surface area (Å²) >= 11 is 5.88. The molecule has 7 heteroatoms. The second-order valence-electron chi connectivity index (χ2n) is 6.52. The molecule has 1 saturated heterocycles. The van der Waals surface area contributed by atoms with Crippen LogP contribution < -0.4 is 16.4 Å². The summed E-state index contributed by atoms with van der Waals surface area (Å²) in [5.74, 6) is 6.10. The summed E-state index contributed by atoms with van der Waals surface area (Å²) < 4.78 is 18.8. The van der Waals surface area contributed by atoms with E-state index in [2.05, 4.69) is 16.8 Å². The number of nitrogen functional groups attached to an aromatic ring is 1. The summed E-state index contributed by atoms with van der Waals surface area (Å²) in [5.41, 5.74) is 16.0. The number of benzene rings is 2. The van der Waals surface area contributed by atoms with Crippen molar-refractivity contribution in [2.24, 2.45) is 16.6 Å². The lowest BCUT2D eigenvalue weighted by molar-refractivity contribution is 0.192. The molecular weight excluding hydrogens is 367 g/mol. The predicted molar refractivity (Wildman–Crippen MR) is 106 cm³/mol. The van der Waals surface area contributed by atoms with Gasteiger partial charge in [0.15, 0.2) is 0 Å². The van der Waals surface area contributed by atoms with E-state index < -0.39 is 12.0 Å². The molecule has 0 aliphatic carbocycles. The van der Waals surface area contributed by atoms with Gasteiger partial charge in [-0.1, -0.05) is 23.4 Å². The highest BCUT2D eigenvalue weighted by Gasteiger charge is 2.24. The zero-order valence-corrected chi connectivity index (χ0v) is 15.2.